The number of amides is 1. The van der Waals surface area contributed by atoms with Crippen LogP contribution >= 0.6 is 11.3 Å². The molecule has 0 fully saturated rings. The Morgan fingerprint density at radius 1 is 1.44 bits per heavy atom. The second-order valence-corrected chi connectivity index (χ2v) is 5.97. The number of anilines is 1. The molecule has 7 nitrogen and oxygen atoms in total. The van der Waals surface area contributed by atoms with Gasteiger partial charge in [0.2, 0.25) is 0 Å². The summed E-state index contributed by atoms with van der Waals surface area (Å²) in [5, 5.41) is 15.3. The van der Waals surface area contributed by atoms with E-state index in [2.05, 4.69) is 10.3 Å². The van der Waals surface area contributed by atoms with Crippen molar-refractivity contribution in [2.45, 2.75) is 19.1 Å². The standard InChI is InChI=1S/C14H13F3N4O3S/c1-8(12(22)19-13-20(2)5-6-25-13)18-10-4-3-9(14(15,16)17)7-11(10)21(23)24/h3-8,18H,1-2H3/t8-/m1/s1. The van der Waals surface area contributed by atoms with Crippen LogP contribution < -0.4 is 10.1 Å². The molecule has 25 heavy (non-hydrogen) atoms. The van der Waals surface area contributed by atoms with Gasteiger partial charge in [-0.25, -0.2) is 0 Å². The van der Waals surface area contributed by atoms with E-state index in [1.54, 1.807) is 23.2 Å². The largest absolute Gasteiger partial charge is 0.416 e. The van der Waals surface area contributed by atoms with Crippen LogP contribution in [0.3, 0.4) is 0 Å². The fraction of sp³-hybridized carbons (Fsp3) is 0.286. The number of thiazole rings is 1. The van der Waals surface area contributed by atoms with Crippen molar-refractivity contribution in [2.75, 3.05) is 5.32 Å². The van der Waals surface area contributed by atoms with E-state index in [0.29, 0.717) is 16.9 Å². The van der Waals surface area contributed by atoms with Crippen LogP contribution in [-0.4, -0.2) is 21.4 Å². The van der Waals surface area contributed by atoms with Gasteiger partial charge in [0.05, 0.1) is 10.5 Å². The van der Waals surface area contributed by atoms with Crippen LogP contribution in [0.5, 0.6) is 0 Å². The Morgan fingerprint density at radius 3 is 2.64 bits per heavy atom. The van der Waals surface area contributed by atoms with Gasteiger partial charge >= 0.3 is 6.18 Å². The van der Waals surface area contributed by atoms with E-state index in [0.717, 1.165) is 6.07 Å². The quantitative estimate of drug-likeness (QED) is 0.658. The molecule has 2 rings (SSSR count). The molecular formula is C14H13F3N4O3S. The van der Waals surface area contributed by atoms with Gasteiger partial charge in [0.25, 0.3) is 11.6 Å². The van der Waals surface area contributed by atoms with Crippen LogP contribution in [0.2, 0.25) is 0 Å². The minimum Gasteiger partial charge on any atom is -0.368 e. The first-order chi connectivity index (χ1) is 11.6. The smallest absolute Gasteiger partial charge is 0.368 e. The van der Waals surface area contributed by atoms with Gasteiger partial charge in [0.1, 0.15) is 11.7 Å². The molecule has 0 radical (unpaired) electrons. The Bertz CT molecular complexity index is 873. The number of aromatic nitrogens is 1. The first kappa shape index (κ1) is 18.6. The number of hydrogen-bond acceptors (Lipinski definition) is 5. The Balaban J connectivity index is 2.29. The molecule has 0 bridgehead atoms. The molecule has 11 heteroatoms. The van der Waals surface area contributed by atoms with Crippen molar-refractivity contribution in [1.82, 2.24) is 4.57 Å². The maximum absolute atomic E-state index is 12.7. The molecule has 0 spiro atoms. The van der Waals surface area contributed by atoms with Crippen LogP contribution in [-0.2, 0) is 18.0 Å². The predicted molar refractivity (Wildman–Crippen MR) is 85.0 cm³/mol. The van der Waals surface area contributed by atoms with Crippen LogP contribution in [0.25, 0.3) is 0 Å². The Morgan fingerprint density at radius 2 is 2.12 bits per heavy atom. The molecule has 0 saturated heterocycles. The third-order valence-corrected chi connectivity index (χ3v) is 4.08. The fourth-order valence-electron chi connectivity index (χ4n) is 1.90. The van der Waals surface area contributed by atoms with Crippen molar-refractivity contribution < 1.29 is 22.9 Å². The summed E-state index contributed by atoms with van der Waals surface area (Å²) < 4.78 is 39.7. The first-order valence-corrected chi connectivity index (χ1v) is 7.78. The summed E-state index contributed by atoms with van der Waals surface area (Å²) in [7, 11) is 1.70. The zero-order valence-electron chi connectivity index (χ0n) is 13.1. The van der Waals surface area contributed by atoms with Crippen LogP contribution in [0.1, 0.15) is 12.5 Å². The van der Waals surface area contributed by atoms with Crippen molar-refractivity contribution in [2.24, 2.45) is 12.0 Å². The molecule has 1 amide bonds. The molecule has 1 heterocycles. The monoisotopic (exact) mass is 374 g/mol. The van der Waals surface area contributed by atoms with Crippen LogP contribution in [0.4, 0.5) is 24.5 Å². The number of carbonyl (C=O) groups excluding carboxylic acids is 1. The van der Waals surface area contributed by atoms with Gasteiger partial charge in [-0.2, -0.15) is 18.2 Å². The highest BCUT2D eigenvalue weighted by atomic mass is 32.1. The molecule has 2 aromatic rings. The molecule has 0 aliphatic carbocycles. The molecule has 1 aromatic carbocycles. The Labute approximate surface area is 143 Å². The maximum atomic E-state index is 12.7. The van der Waals surface area contributed by atoms with Crippen molar-refractivity contribution >= 4 is 28.6 Å². The minimum absolute atomic E-state index is 0.190. The van der Waals surface area contributed by atoms with E-state index in [-0.39, 0.29) is 5.69 Å². The summed E-state index contributed by atoms with van der Waals surface area (Å²) in [6.45, 7) is 1.42. The van der Waals surface area contributed by atoms with Crippen molar-refractivity contribution in [3.63, 3.8) is 0 Å². The van der Waals surface area contributed by atoms with Crippen LogP contribution in [0, 0.1) is 10.1 Å². The lowest BCUT2D eigenvalue weighted by molar-refractivity contribution is -0.384. The molecule has 0 saturated carbocycles. The number of nitro groups is 1. The van der Waals surface area contributed by atoms with E-state index in [9.17, 15) is 28.1 Å². The lowest BCUT2D eigenvalue weighted by atomic mass is 10.1. The summed E-state index contributed by atoms with van der Waals surface area (Å²) in [5.41, 5.74) is -2.10. The number of nitrogens with one attached hydrogen (secondary N) is 1. The molecule has 1 N–H and O–H groups in total. The summed E-state index contributed by atoms with van der Waals surface area (Å²) in [6, 6.07) is 1.10. The maximum Gasteiger partial charge on any atom is 0.416 e. The second-order valence-electron chi connectivity index (χ2n) is 5.10. The molecule has 0 aliphatic heterocycles. The van der Waals surface area contributed by atoms with E-state index in [4.69, 9.17) is 0 Å². The van der Waals surface area contributed by atoms with Gasteiger partial charge in [0, 0.05) is 24.7 Å². The lowest BCUT2D eigenvalue weighted by Crippen LogP contribution is -2.27. The number of carbonyl (C=O) groups is 1. The number of nitro benzene ring substituents is 1. The van der Waals surface area contributed by atoms with E-state index < -0.39 is 34.3 Å². The van der Waals surface area contributed by atoms with Crippen molar-refractivity contribution in [1.29, 1.82) is 0 Å². The molecule has 0 aliphatic rings. The number of benzene rings is 1. The Kier molecular flexibility index (Phi) is 5.26. The average Bonchev–Trinajstić information content (AvgIpc) is 2.91. The second kappa shape index (κ2) is 7.05. The first-order valence-electron chi connectivity index (χ1n) is 6.90. The summed E-state index contributed by atoms with van der Waals surface area (Å²) in [5.74, 6) is -0.604. The predicted octanol–water partition coefficient (Wildman–Crippen LogP) is 2.94. The van der Waals surface area contributed by atoms with Gasteiger partial charge < -0.3 is 9.88 Å². The number of hydrogen-bond donors (Lipinski definition) is 1. The van der Waals surface area contributed by atoms with Crippen molar-refractivity contribution in [3.8, 4) is 0 Å². The van der Waals surface area contributed by atoms with Gasteiger partial charge in [-0.05, 0) is 19.1 Å². The molecule has 134 valence electrons. The highest BCUT2D eigenvalue weighted by Crippen LogP contribution is 2.35. The normalized spacial score (nSPS) is 13.6. The highest BCUT2D eigenvalue weighted by Gasteiger charge is 2.33. The SMILES string of the molecule is C[C@@H](Nc1ccc(C(F)(F)F)cc1[N+](=O)[O-])C(=O)N=c1sccn1C. The zero-order valence-corrected chi connectivity index (χ0v) is 13.9. The lowest BCUT2D eigenvalue weighted by Gasteiger charge is -2.13. The minimum atomic E-state index is -4.70. The summed E-state index contributed by atoms with van der Waals surface area (Å²) in [4.78, 5) is 26.5. The highest BCUT2D eigenvalue weighted by molar-refractivity contribution is 7.07. The summed E-state index contributed by atoms with van der Waals surface area (Å²) >= 11 is 1.23. The van der Waals surface area contributed by atoms with Crippen LogP contribution in [0.15, 0.2) is 34.8 Å². The Hall–Kier alpha value is -2.69. The summed E-state index contributed by atoms with van der Waals surface area (Å²) in [6.07, 6.45) is -3.00. The number of aryl methyl sites for hydroxylation is 1. The molecular weight excluding hydrogens is 361 g/mol. The number of alkyl halides is 3. The fourth-order valence-corrected chi connectivity index (χ4v) is 2.64. The van der Waals surface area contributed by atoms with E-state index >= 15 is 0 Å². The molecule has 1 atom stereocenters. The average molecular weight is 374 g/mol. The van der Waals surface area contributed by atoms with Gasteiger partial charge in [0.15, 0.2) is 4.80 Å². The van der Waals surface area contributed by atoms with Gasteiger partial charge in [-0.15, -0.1) is 11.3 Å². The van der Waals surface area contributed by atoms with Crippen molar-refractivity contribution in [3.05, 3.63) is 50.3 Å². The third kappa shape index (κ3) is 4.44. The third-order valence-electron chi connectivity index (χ3n) is 3.23. The number of rotatable bonds is 4. The van der Waals surface area contributed by atoms with E-state index in [1.165, 1.54) is 18.3 Å². The molecule has 0 unspecified atom stereocenters. The van der Waals surface area contributed by atoms with E-state index in [1.807, 2.05) is 0 Å². The van der Waals surface area contributed by atoms with Gasteiger partial charge in [-0.3, -0.25) is 14.9 Å². The zero-order chi connectivity index (χ0) is 18.8. The molecule has 1 aromatic heterocycles. The number of halogens is 3. The van der Waals surface area contributed by atoms with Gasteiger partial charge in [-0.1, -0.05) is 0 Å². The number of nitrogens with zero attached hydrogens (tertiary/aromatic N) is 3. The topological polar surface area (TPSA) is 89.5 Å².